The minimum absolute atomic E-state index is 0.0632. The highest BCUT2D eigenvalue weighted by Gasteiger charge is 2.53. The first-order chi connectivity index (χ1) is 13.2. The third-order valence-corrected chi connectivity index (χ3v) is 5.24. The molecule has 1 aliphatic carbocycles. The molecule has 0 N–H and O–H groups in total. The van der Waals surface area contributed by atoms with E-state index in [4.69, 9.17) is 9.47 Å². The molecular weight excluding hydrogens is 356 g/mol. The summed E-state index contributed by atoms with van der Waals surface area (Å²) in [5, 5.41) is 0. The maximum Gasteiger partial charge on any atom is 0.343 e. The van der Waals surface area contributed by atoms with E-state index in [-0.39, 0.29) is 5.57 Å². The van der Waals surface area contributed by atoms with Crippen molar-refractivity contribution in [1.82, 2.24) is 0 Å². The highest BCUT2D eigenvalue weighted by Crippen LogP contribution is 2.43. The largest absolute Gasteiger partial charge is 0.464 e. The van der Waals surface area contributed by atoms with Crippen molar-refractivity contribution in [2.24, 2.45) is 5.92 Å². The van der Waals surface area contributed by atoms with Crippen LogP contribution < -0.4 is 0 Å². The quantitative estimate of drug-likeness (QED) is 0.409. The lowest BCUT2D eigenvalue weighted by molar-refractivity contribution is -0.153. The van der Waals surface area contributed by atoms with Gasteiger partial charge in [0, 0.05) is 5.57 Å². The predicted octanol–water partition coefficient (Wildman–Crippen LogP) is 4.04. The Balaban J connectivity index is 1.98. The first-order valence-electron chi connectivity index (χ1n) is 9.38. The van der Waals surface area contributed by atoms with E-state index < -0.39 is 23.1 Å². The highest BCUT2D eigenvalue weighted by atomic mass is 16.6. The number of rotatable bonds is 5. The van der Waals surface area contributed by atoms with Gasteiger partial charge in [-0.05, 0) is 50.5 Å². The van der Waals surface area contributed by atoms with Gasteiger partial charge in [-0.15, -0.1) is 0 Å². The first kappa shape index (κ1) is 19.8. The van der Waals surface area contributed by atoms with Crippen molar-refractivity contribution in [3.8, 4) is 0 Å². The standard InChI is InChI=1S/C23H24O5/c1-6-13(2)9-14(3)7-8-17-10-16-11-19-20(15(4)24)22(26)28-23(19,5)21(25)18(16)12-27-17/h7-13H,6H2,1-5H3/b8-7+,14-9+/t13-,23-/m0/s1. The van der Waals surface area contributed by atoms with E-state index in [1.165, 1.54) is 20.1 Å². The fourth-order valence-electron chi connectivity index (χ4n) is 3.45. The molecule has 0 fully saturated rings. The van der Waals surface area contributed by atoms with Crippen LogP contribution in [0.4, 0.5) is 0 Å². The molecule has 3 aliphatic rings. The van der Waals surface area contributed by atoms with Crippen molar-refractivity contribution in [1.29, 1.82) is 0 Å². The van der Waals surface area contributed by atoms with Gasteiger partial charge in [0.2, 0.25) is 5.78 Å². The number of carbonyl (C=O) groups is 3. The monoisotopic (exact) mass is 380 g/mol. The van der Waals surface area contributed by atoms with Crippen LogP contribution in [0.2, 0.25) is 0 Å². The smallest absolute Gasteiger partial charge is 0.343 e. The number of hydrogen-bond donors (Lipinski definition) is 0. The van der Waals surface area contributed by atoms with Crippen LogP contribution in [0, 0.1) is 5.92 Å². The normalized spacial score (nSPS) is 25.5. The summed E-state index contributed by atoms with van der Waals surface area (Å²) in [4.78, 5) is 37.0. The number of fused-ring (bicyclic) bond motifs is 2. The molecule has 2 aliphatic heterocycles. The third-order valence-electron chi connectivity index (χ3n) is 5.24. The molecule has 0 bridgehead atoms. The van der Waals surface area contributed by atoms with Crippen LogP contribution in [-0.4, -0.2) is 23.1 Å². The summed E-state index contributed by atoms with van der Waals surface area (Å²) in [7, 11) is 0. The van der Waals surface area contributed by atoms with Gasteiger partial charge in [-0.3, -0.25) is 9.59 Å². The van der Waals surface area contributed by atoms with Crippen LogP contribution in [0.1, 0.15) is 41.0 Å². The van der Waals surface area contributed by atoms with E-state index in [2.05, 4.69) is 19.9 Å². The van der Waals surface area contributed by atoms with Crippen LogP contribution in [0.5, 0.6) is 0 Å². The van der Waals surface area contributed by atoms with Gasteiger partial charge in [0.15, 0.2) is 11.4 Å². The Morgan fingerprint density at radius 2 is 1.96 bits per heavy atom. The van der Waals surface area contributed by atoms with Crippen molar-refractivity contribution in [2.75, 3.05) is 0 Å². The summed E-state index contributed by atoms with van der Waals surface area (Å²) >= 11 is 0. The van der Waals surface area contributed by atoms with Gasteiger partial charge in [-0.25, -0.2) is 4.79 Å². The SMILES string of the molecule is CC[C@H](C)/C=C(C)/C=C/C1=CC2=CC3=C(C(C)=O)C(=O)O[C@]3(C)C(=O)C2=CO1. The van der Waals surface area contributed by atoms with E-state index >= 15 is 0 Å². The Kier molecular flexibility index (Phi) is 5.11. The maximum absolute atomic E-state index is 12.9. The van der Waals surface area contributed by atoms with Crippen LogP contribution in [0.25, 0.3) is 0 Å². The highest BCUT2D eigenvalue weighted by molar-refractivity contribution is 6.24. The molecule has 5 heteroatoms. The minimum Gasteiger partial charge on any atom is -0.464 e. The fourth-order valence-corrected chi connectivity index (χ4v) is 3.45. The number of ether oxygens (including phenoxy) is 2. The van der Waals surface area contributed by atoms with Gasteiger partial charge in [0.05, 0.1) is 5.57 Å². The maximum atomic E-state index is 12.9. The van der Waals surface area contributed by atoms with Gasteiger partial charge in [-0.1, -0.05) is 38.0 Å². The average molecular weight is 380 g/mol. The molecule has 5 nitrogen and oxygen atoms in total. The Bertz CT molecular complexity index is 951. The molecule has 0 aromatic heterocycles. The summed E-state index contributed by atoms with van der Waals surface area (Å²) in [6, 6.07) is 0. The second-order valence-electron chi connectivity index (χ2n) is 7.52. The van der Waals surface area contributed by atoms with Crippen molar-refractivity contribution >= 4 is 17.5 Å². The summed E-state index contributed by atoms with van der Waals surface area (Å²) in [6.45, 7) is 9.12. The molecule has 0 unspecified atom stereocenters. The second kappa shape index (κ2) is 7.23. The molecule has 0 saturated heterocycles. The molecular formula is C23H24O5. The molecule has 0 saturated carbocycles. The average Bonchev–Trinajstić information content (AvgIpc) is 2.90. The molecule has 0 radical (unpaired) electrons. The van der Waals surface area contributed by atoms with Crippen molar-refractivity contribution < 1.29 is 23.9 Å². The zero-order chi connectivity index (χ0) is 20.6. The molecule has 2 atom stereocenters. The molecule has 2 heterocycles. The number of Topliss-reactive ketones (excluding diaryl/α,β-unsaturated/α-hetero) is 2. The predicted molar refractivity (Wildman–Crippen MR) is 105 cm³/mol. The molecule has 0 amide bonds. The van der Waals surface area contributed by atoms with Gasteiger partial charge >= 0.3 is 5.97 Å². The van der Waals surface area contributed by atoms with E-state index in [0.717, 1.165) is 12.0 Å². The molecule has 28 heavy (non-hydrogen) atoms. The summed E-state index contributed by atoms with van der Waals surface area (Å²) in [5.74, 6) is -0.506. The van der Waals surface area contributed by atoms with Crippen molar-refractivity contribution in [2.45, 2.75) is 46.6 Å². The zero-order valence-electron chi connectivity index (χ0n) is 16.8. The summed E-state index contributed by atoms with van der Waals surface area (Å²) in [6.07, 6.45) is 11.8. The summed E-state index contributed by atoms with van der Waals surface area (Å²) in [5.41, 5.74) is 0.819. The topological polar surface area (TPSA) is 69.7 Å². The Labute approximate surface area is 164 Å². The van der Waals surface area contributed by atoms with Crippen LogP contribution in [0.15, 0.2) is 70.3 Å². The summed E-state index contributed by atoms with van der Waals surface area (Å²) < 4.78 is 10.9. The zero-order valence-corrected chi connectivity index (χ0v) is 16.8. The van der Waals surface area contributed by atoms with Crippen molar-refractivity contribution in [3.63, 3.8) is 0 Å². The molecule has 0 aromatic rings. The lowest BCUT2D eigenvalue weighted by Crippen LogP contribution is -2.41. The Morgan fingerprint density at radius 1 is 1.25 bits per heavy atom. The molecule has 146 valence electrons. The second-order valence-corrected chi connectivity index (χ2v) is 7.52. The Hall–Kier alpha value is -2.95. The lowest BCUT2D eigenvalue weighted by atomic mass is 9.77. The van der Waals surface area contributed by atoms with Crippen LogP contribution >= 0.6 is 0 Å². The van der Waals surface area contributed by atoms with Crippen LogP contribution in [-0.2, 0) is 23.9 Å². The minimum atomic E-state index is -1.48. The number of hydrogen-bond acceptors (Lipinski definition) is 5. The third kappa shape index (κ3) is 3.33. The van der Waals surface area contributed by atoms with Crippen molar-refractivity contribution in [3.05, 3.63) is 70.3 Å². The molecule has 3 rings (SSSR count). The van der Waals surface area contributed by atoms with E-state index in [0.29, 0.717) is 28.4 Å². The van der Waals surface area contributed by atoms with Gasteiger partial charge < -0.3 is 9.47 Å². The number of carbonyl (C=O) groups excluding carboxylic acids is 3. The van der Waals surface area contributed by atoms with Gasteiger partial charge in [0.25, 0.3) is 0 Å². The fraction of sp³-hybridized carbons (Fsp3) is 0.348. The first-order valence-corrected chi connectivity index (χ1v) is 9.38. The van der Waals surface area contributed by atoms with Gasteiger partial charge in [-0.2, -0.15) is 0 Å². The van der Waals surface area contributed by atoms with E-state index in [1.54, 1.807) is 12.2 Å². The number of ketones is 2. The number of allylic oxidation sites excluding steroid dienone is 6. The van der Waals surface area contributed by atoms with Gasteiger partial charge in [0.1, 0.15) is 17.6 Å². The lowest BCUT2D eigenvalue weighted by Gasteiger charge is -2.30. The van der Waals surface area contributed by atoms with E-state index in [1.807, 2.05) is 19.1 Å². The Morgan fingerprint density at radius 3 is 2.61 bits per heavy atom. The molecule has 0 aromatic carbocycles. The van der Waals surface area contributed by atoms with E-state index in [9.17, 15) is 14.4 Å². The van der Waals surface area contributed by atoms with Crippen LogP contribution in [0.3, 0.4) is 0 Å². The number of esters is 1. The molecule has 0 spiro atoms.